The average molecular weight is 372 g/mol. The minimum absolute atomic E-state index is 0.203. The molecule has 2 heterocycles. The fourth-order valence-electron chi connectivity index (χ4n) is 2.81. The summed E-state index contributed by atoms with van der Waals surface area (Å²) in [5, 5.41) is 10.5. The van der Waals surface area contributed by atoms with Crippen LogP contribution >= 0.6 is 0 Å². The van der Waals surface area contributed by atoms with E-state index in [1.807, 2.05) is 55.5 Å². The third-order valence-electron chi connectivity index (χ3n) is 4.22. The van der Waals surface area contributed by atoms with Crippen molar-refractivity contribution in [2.45, 2.75) is 19.8 Å². The molecule has 0 saturated carbocycles. The normalized spacial score (nSPS) is 11.5. The van der Waals surface area contributed by atoms with E-state index < -0.39 is 0 Å². The summed E-state index contributed by atoms with van der Waals surface area (Å²) in [5.74, 6) is 0.203. The van der Waals surface area contributed by atoms with Gasteiger partial charge in [0.15, 0.2) is 0 Å². The highest BCUT2D eigenvalue weighted by Gasteiger charge is 2.05. The van der Waals surface area contributed by atoms with Crippen LogP contribution in [0, 0.1) is 6.92 Å². The van der Waals surface area contributed by atoms with E-state index in [4.69, 9.17) is 0 Å². The number of phenols is 1. The lowest BCUT2D eigenvalue weighted by Gasteiger charge is -2.05. The van der Waals surface area contributed by atoms with Crippen LogP contribution in [0.4, 0.5) is 0 Å². The van der Waals surface area contributed by atoms with E-state index in [1.54, 1.807) is 24.8 Å². The number of aromatic nitrogens is 2. The number of aliphatic imine (C=N–C) groups is 2. The Kier molecular flexibility index (Phi) is 7.01. The highest BCUT2D eigenvalue weighted by molar-refractivity contribution is 5.92. The standard InChI is InChI=1S/C23H24N4O/c1-18-14-19(16-24-12-8-21-6-2-4-10-26-21)23(28)20(15-18)17-25-13-9-22-7-3-5-11-27-22/h2-7,10-11,14-17,28H,8-9,12-13H2,1H3. The molecular weight excluding hydrogens is 348 g/mol. The Morgan fingerprint density at radius 2 is 1.32 bits per heavy atom. The van der Waals surface area contributed by atoms with Crippen LogP contribution in [-0.4, -0.2) is 40.6 Å². The fourth-order valence-corrected chi connectivity index (χ4v) is 2.81. The smallest absolute Gasteiger partial charge is 0.133 e. The second-order valence-electron chi connectivity index (χ2n) is 6.50. The first kappa shape index (κ1) is 19.4. The molecule has 0 aliphatic carbocycles. The molecule has 3 rings (SSSR count). The van der Waals surface area contributed by atoms with Crippen LogP contribution in [0.3, 0.4) is 0 Å². The molecule has 5 nitrogen and oxygen atoms in total. The number of aryl methyl sites for hydroxylation is 1. The fraction of sp³-hybridized carbons (Fsp3) is 0.217. The molecule has 5 heteroatoms. The van der Waals surface area contributed by atoms with Gasteiger partial charge in [0.1, 0.15) is 5.75 Å². The van der Waals surface area contributed by atoms with Crippen molar-refractivity contribution in [3.05, 3.63) is 89.0 Å². The molecule has 0 spiro atoms. The predicted molar refractivity (Wildman–Crippen MR) is 114 cm³/mol. The zero-order valence-corrected chi connectivity index (χ0v) is 16.0. The first-order valence-electron chi connectivity index (χ1n) is 9.35. The predicted octanol–water partition coefficient (Wildman–Crippen LogP) is 3.81. The summed E-state index contributed by atoms with van der Waals surface area (Å²) in [7, 11) is 0. The number of nitrogens with zero attached hydrogens (tertiary/aromatic N) is 4. The molecule has 0 atom stereocenters. The minimum Gasteiger partial charge on any atom is -0.507 e. The summed E-state index contributed by atoms with van der Waals surface area (Å²) in [4.78, 5) is 17.5. The molecule has 0 bridgehead atoms. The molecule has 1 aromatic carbocycles. The summed E-state index contributed by atoms with van der Waals surface area (Å²) in [6.45, 7) is 3.24. The average Bonchev–Trinajstić information content (AvgIpc) is 2.73. The Bertz CT molecular complexity index is 863. The Morgan fingerprint density at radius 1 is 0.821 bits per heavy atom. The van der Waals surface area contributed by atoms with Crippen molar-refractivity contribution < 1.29 is 5.11 Å². The zero-order chi connectivity index (χ0) is 19.6. The van der Waals surface area contributed by atoms with Gasteiger partial charge in [-0.15, -0.1) is 0 Å². The first-order chi connectivity index (χ1) is 13.7. The van der Waals surface area contributed by atoms with Gasteiger partial charge < -0.3 is 5.11 Å². The molecule has 0 aliphatic rings. The van der Waals surface area contributed by atoms with Crippen molar-refractivity contribution in [3.8, 4) is 5.75 Å². The molecule has 1 N–H and O–H groups in total. The van der Waals surface area contributed by atoms with Crippen LogP contribution in [0.25, 0.3) is 0 Å². The van der Waals surface area contributed by atoms with Crippen LogP contribution in [-0.2, 0) is 12.8 Å². The Morgan fingerprint density at radius 3 is 1.75 bits per heavy atom. The lowest BCUT2D eigenvalue weighted by Crippen LogP contribution is -1.96. The first-order valence-corrected chi connectivity index (χ1v) is 9.35. The number of rotatable bonds is 8. The van der Waals surface area contributed by atoms with Crippen LogP contribution in [0.15, 0.2) is 70.9 Å². The highest BCUT2D eigenvalue weighted by atomic mass is 16.3. The van der Waals surface area contributed by atoms with Crippen molar-refractivity contribution in [2.75, 3.05) is 13.1 Å². The van der Waals surface area contributed by atoms with Crippen molar-refractivity contribution in [1.82, 2.24) is 9.97 Å². The SMILES string of the molecule is Cc1cc(C=NCCc2ccccn2)c(O)c(C=NCCc2ccccn2)c1. The van der Waals surface area contributed by atoms with Crippen LogP contribution < -0.4 is 0 Å². The molecular formula is C23H24N4O. The van der Waals surface area contributed by atoms with Gasteiger partial charge in [-0.2, -0.15) is 0 Å². The van der Waals surface area contributed by atoms with Crippen molar-refractivity contribution >= 4 is 12.4 Å². The van der Waals surface area contributed by atoms with Crippen molar-refractivity contribution in [3.63, 3.8) is 0 Å². The molecule has 0 amide bonds. The van der Waals surface area contributed by atoms with E-state index in [2.05, 4.69) is 20.0 Å². The summed E-state index contributed by atoms with van der Waals surface area (Å²) in [6, 6.07) is 15.6. The van der Waals surface area contributed by atoms with Gasteiger partial charge in [-0.3, -0.25) is 20.0 Å². The summed E-state index contributed by atoms with van der Waals surface area (Å²) in [5.41, 5.74) is 4.47. The second kappa shape index (κ2) is 10.1. The molecule has 3 aromatic rings. The largest absolute Gasteiger partial charge is 0.507 e. The number of hydrogen-bond acceptors (Lipinski definition) is 5. The maximum absolute atomic E-state index is 10.5. The second-order valence-corrected chi connectivity index (χ2v) is 6.50. The monoisotopic (exact) mass is 372 g/mol. The summed E-state index contributed by atoms with van der Waals surface area (Å²) < 4.78 is 0. The van der Waals surface area contributed by atoms with E-state index in [0.29, 0.717) is 24.2 Å². The van der Waals surface area contributed by atoms with Gasteiger partial charge in [0.25, 0.3) is 0 Å². The van der Waals surface area contributed by atoms with Gasteiger partial charge in [-0.1, -0.05) is 12.1 Å². The maximum atomic E-state index is 10.5. The summed E-state index contributed by atoms with van der Waals surface area (Å²) in [6.07, 6.45) is 8.54. The van der Waals surface area contributed by atoms with E-state index in [9.17, 15) is 5.11 Å². The molecule has 0 aliphatic heterocycles. The molecule has 0 unspecified atom stereocenters. The van der Waals surface area contributed by atoms with Gasteiger partial charge in [0.2, 0.25) is 0 Å². The third kappa shape index (κ3) is 5.84. The van der Waals surface area contributed by atoms with Gasteiger partial charge in [-0.25, -0.2) is 0 Å². The molecule has 142 valence electrons. The summed E-state index contributed by atoms with van der Waals surface area (Å²) >= 11 is 0. The lowest BCUT2D eigenvalue weighted by molar-refractivity contribution is 0.473. The minimum atomic E-state index is 0.203. The number of pyridine rings is 2. The van der Waals surface area contributed by atoms with Gasteiger partial charge >= 0.3 is 0 Å². The third-order valence-corrected chi connectivity index (χ3v) is 4.22. The molecule has 28 heavy (non-hydrogen) atoms. The van der Waals surface area contributed by atoms with E-state index in [1.165, 1.54) is 0 Å². The number of phenolic OH excluding ortho intramolecular Hbond substituents is 1. The topological polar surface area (TPSA) is 70.7 Å². The number of hydrogen-bond donors (Lipinski definition) is 1. The zero-order valence-electron chi connectivity index (χ0n) is 16.0. The maximum Gasteiger partial charge on any atom is 0.133 e. The van der Waals surface area contributed by atoms with Gasteiger partial charge in [-0.05, 0) is 48.9 Å². The van der Waals surface area contributed by atoms with Gasteiger partial charge in [0.05, 0.1) is 0 Å². The van der Waals surface area contributed by atoms with Crippen molar-refractivity contribution in [1.29, 1.82) is 0 Å². The van der Waals surface area contributed by atoms with Crippen LogP contribution in [0.5, 0.6) is 5.75 Å². The quantitative estimate of drug-likeness (QED) is 0.611. The molecule has 0 radical (unpaired) electrons. The molecule has 0 fully saturated rings. The van der Waals surface area contributed by atoms with E-state index >= 15 is 0 Å². The highest BCUT2D eigenvalue weighted by Crippen LogP contribution is 2.22. The van der Waals surface area contributed by atoms with E-state index in [-0.39, 0.29) is 5.75 Å². The Balaban J connectivity index is 1.60. The molecule has 0 saturated heterocycles. The van der Waals surface area contributed by atoms with E-state index in [0.717, 1.165) is 29.8 Å². The lowest BCUT2D eigenvalue weighted by atomic mass is 10.1. The number of aromatic hydroxyl groups is 1. The molecule has 2 aromatic heterocycles. The Labute approximate surface area is 165 Å². The van der Waals surface area contributed by atoms with Crippen LogP contribution in [0.1, 0.15) is 28.1 Å². The van der Waals surface area contributed by atoms with Crippen LogP contribution in [0.2, 0.25) is 0 Å². The van der Waals surface area contributed by atoms with Gasteiger partial charge in [0, 0.05) is 73.3 Å². The van der Waals surface area contributed by atoms with Crippen molar-refractivity contribution in [2.24, 2.45) is 9.98 Å². The Hall–Kier alpha value is -3.34. The number of benzene rings is 1.